The molecule has 0 aromatic heterocycles. The van der Waals surface area contributed by atoms with Crippen LogP contribution in [0.4, 0.5) is 17.6 Å². The van der Waals surface area contributed by atoms with E-state index < -0.39 is 41.6 Å². The fraction of sp³-hybridized carbons (Fsp3) is 0.348. The second kappa shape index (κ2) is 8.96. The number of alkyl halides is 3. The molecule has 180 valence electrons. The van der Waals surface area contributed by atoms with E-state index in [1.807, 2.05) is 0 Å². The van der Waals surface area contributed by atoms with Crippen molar-refractivity contribution in [2.24, 2.45) is 0 Å². The molecule has 4 rings (SSSR count). The second-order valence-corrected chi connectivity index (χ2v) is 8.22. The summed E-state index contributed by atoms with van der Waals surface area (Å²) in [5.74, 6) is -2.34. The summed E-state index contributed by atoms with van der Waals surface area (Å²) in [5, 5.41) is 5.26. The number of piperazine rings is 1. The van der Waals surface area contributed by atoms with Gasteiger partial charge in [-0.2, -0.15) is 13.2 Å². The molecule has 3 atom stereocenters. The highest BCUT2D eigenvalue weighted by atomic mass is 19.4. The Morgan fingerprint density at radius 2 is 1.88 bits per heavy atom. The van der Waals surface area contributed by atoms with Gasteiger partial charge in [0.15, 0.2) is 0 Å². The molecule has 2 N–H and O–H groups in total. The molecular weight excluding hydrogens is 458 g/mol. The molecule has 2 saturated heterocycles. The van der Waals surface area contributed by atoms with Crippen LogP contribution >= 0.6 is 0 Å². The third kappa shape index (κ3) is 4.68. The average molecular weight is 479 g/mol. The second-order valence-electron chi connectivity index (χ2n) is 8.22. The first-order chi connectivity index (χ1) is 16.1. The number of nitrogens with zero attached hydrogens (tertiary/aromatic N) is 1. The van der Waals surface area contributed by atoms with Crippen molar-refractivity contribution in [2.75, 3.05) is 13.7 Å². The zero-order valence-electron chi connectivity index (χ0n) is 18.0. The number of rotatable bonds is 5. The van der Waals surface area contributed by atoms with Crippen molar-refractivity contribution in [3.63, 3.8) is 0 Å². The number of carbonyl (C=O) groups is 3. The average Bonchev–Trinajstić information content (AvgIpc) is 3.22. The van der Waals surface area contributed by atoms with Crippen LogP contribution in [0.25, 0.3) is 0 Å². The third-order valence-electron chi connectivity index (χ3n) is 5.97. The van der Waals surface area contributed by atoms with Crippen LogP contribution in [-0.2, 0) is 22.2 Å². The van der Waals surface area contributed by atoms with Gasteiger partial charge in [0, 0.05) is 24.6 Å². The zero-order chi connectivity index (χ0) is 24.6. The molecule has 0 radical (unpaired) electrons. The Balaban J connectivity index is 1.43. The number of methoxy groups -OCH3 is 1. The fourth-order valence-electron chi connectivity index (χ4n) is 4.25. The highest BCUT2D eigenvalue weighted by Crippen LogP contribution is 2.32. The number of halogens is 4. The third-order valence-corrected chi connectivity index (χ3v) is 5.97. The predicted octanol–water partition coefficient (Wildman–Crippen LogP) is 2.29. The van der Waals surface area contributed by atoms with Crippen LogP contribution in [0, 0.1) is 5.82 Å². The van der Waals surface area contributed by atoms with E-state index in [0.29, 0.717) is 17.9 Å². The Kier molecular flexibility index (Phi) is 6.20. The number of nitrogens with one attached hydrogen (secondary N) is 2. The van der Waals surface area contributed by atoms with E-state index in [1.165, 1.54) is 12.0 Å². The summed E-state index contributed by atoms with van der Waals surface area (Å²) in [5.41, 5.74) is -1.09. The van der Waals surface area contributed by atoms with Gasteiger partial charge in [-0.25, -0.2) is 4.39 Å². The van der Waals surface area contributed by atoms with Gasteiger partial charge >= 0.3 is 6.18 Å². The summed E-state index contributed by atoms with van der Waals surface area (Å²) in [6.45, 7) is 0.0368. The normalized spacial score (nSPS) is 22.3. The van der Waals surface area contributed by atoms with E-state index in [2.05, 4.69) is 10.6 Å². The number of fused-ring (bicyclic) bond motifs is 1. The summed E-state index contributed by atoms with van der Waals surface area (Å²) in [6, 6.07) is 6.82. The quantitative estimate of drug-likeness (QED) is 0.645. The van der Waals surface area contributed by atoms with E-state index in [-0.39, 0.29) is 36.8 Å². The molecule has 2 heterocycles. The van der Waals surface area contributed by atoms with E-state index in [9.17, 15) is 31.9 Å². The summed E-state index contributed by atoms with van der Waals surface area (Å²) in [4.78, 5) is 39.5. The topological polar surface area (TPSA) is 87.7 Å². The maximum Gasteiger partial charge on any atom is 0.419 e. The molecule has 3 amide bonds. The Morgan fingerprint density at radius 1 is 1.18 bits per heavy atom. The number of hydrogen-bond acceptors (Lipinski definition) is 4. The number of carbonyl (C=O) groups excluding carboxylic acids is 3. The van der Waals surface area contributed by atoms with Crippen LogP contribution in [0.15, 0.2) is 42.5 Å². The molecular formula is C23H21F4N3O4. The van der Waals surface area contributed by atoms with Crippen LogP contribution in [-0.4, -0.2) is 54.4 Å². The Morgan fingerprint density at radius 3 is 2.53 bits per heavy atom. The van der Waals surface area contributed by atoms with Gasteiger partial charge in [-0.05, 0) is 42.3 Å². The molecule has 2 fully saturated rings. The van der Waals surface area contributed by atoms with E-state index in [1.54, 1.807) is 24.3 Å². The van der Waals surface area contributed by atoms with Crippen molar-refractivity contribution in [1.82, 2.24) is 15.5 Å². The van der Waals surface area contributed by atoms with Crippen LogP contribution in [0.5, 0.6) is 5.75 Å². The Bertz CT molecular complexity index is 1120. The fourth-order valence-corrected chi connectivity index (χ4v) is 4.25. The molecule has 7 nitrogen and oxygen atoms in total. The van der Waals surface area contributed by atoms with Crippen molar-refractivity contribution < 1.29 is 36.7 Å². The lowest BCUT2D eigenvalue weighted by molar-refractivity contribution is -0.147. The van der Waals surface area contributed by atoms with Crippen molar-refractivity contribution in [2.45, 2.75) is 37.1 Å². The van der Waals surface area contributed by atoms with E-state index >= 15 is 0 Å². The number of amides is 3. The van der Waals surface area contributed by atoms with Crippen molar-refractivity contribution >= 4 is 17.7 Å². The molecule has 2 aliphatic heterocycles. The number of hydrogen-bond donors (Lipinski definition) is 2. The minimum Gasteiger partial charge on any atom is -0.497 e. The van der Waals surface area contributed by atoms with Crippen molar-refractivity contribution in [3.05, 3.63) is 65.0 Å². The zero-order valence-corrected chi connectivity index (χ0v) is 18.0. The van der Waals surface area contributed by atoms with Crippen LogP contribution in [0.2, 0.25) is 0 Å². The van der Waals surface area contributed by atoms with E-state index in [0.717, 1.165) is 11.6 Å². The smallest absolute Gasteiger partial charge is 0.419 e. The maximum atomic E-state index is 13.5. The Hall–Kier alpha value is -3.63. The van der Waals surface area contributed by atoms with Gasteiger partial charge in [0.2, 0.25) is 11.8 Å². The first kappa shape index (κ1) is 23.5. The molecule has 0 saturated carbocycles. The van der Waals surface area contributed by atoms with Crippen LogP contribution in [0.3, 0.4) is 0 Å². The number of ether oxygens (including phenoxy) is 1. The molecule has 0 spiro atoms. The van der Waals surface area contributed by atoms with Crippen LogP contribution < -0.4 is 15.4 Å². The van der Waals surface area contributed by atoms with Gasteiger partial charge in [0.25, 0.3) is 5.91 Å². The summed E-state index contributed by atoms with van der Waals surface area (Å²) in [7, 11) is 1.54. The predicted molar refractivity (Wildman–Crippen MR) is 111 cm³/mol. The highest BCUT2D eigenvalue weighted by molar-refractivity contribution is 5.98. The van der Waals surface area contributed by atoms with Gasteiger partial charge in [-0.3, -0.25) is 14.4 Å². The molecule has 0 aliphatic carbocycles. The lowest BCUT2D eigenvalue weighted by Crippen LogP contribution is -2.61. The maximum absolute atomic E-state index is 13.5. The van der Waals surface area contributed by atoms with Gasteiger partial charge < -0.3 is 20.3 Å². The van der Waals surface area contributed by atoms with E-state index in [4.69, 9.17) is 4.74 Å². The molecule has 2 aliphatic rings. The van der Waals surface area contributed by atoms with Gasteiger partial charge in [-0.1, -0.05) is 12.1 Å². The summed E-state index contributed by atoms with van der Waals surface area (Å²) >= 11 is 0. The minimum absolute atomic E-state index is 0.0368. The lowest BCUT2D eigenvalue weighted by atomic mass is 10.0. The highest BCUT2D eigenvalue weighted by Gasteiger charge is 2.46. The van der Waals surface area contributed by atoms with Crippen LogP contribution in [0.1, 0.15) is 27.9 Å². The monoisotopic (exact) mass is 479 g/mol. The molecule has 2 aromatic carbocycles. The molecule has 11 heteroatoms. The SMILES string of the molecule is COc1ccc(C[C@@H]2NC(=O)[C@@H]3C[C@H](NC(=O)c4ccc(F)c(C(F)(F)F)c4)CN3C2=O)cc1. The Labute approximate surface area is 192 Å². The molecule has 2 aromatic rings. The molecule has 34 heavy (non-hydrogen) atoms. The summed E-state index contributed by atoms with van der Waals surface area (Å²) in [6.07, 6.45) is -4.56. The first-order valence-electron chi connectivity index (χ1n) is 10.5. The number of benzene rings is 2. The first-order valence-corrected chi connectivity index (χ1v) is 10.5. The van der Waals surface area contributed by atoms with Gasteiger partial charge in [0.05, 0.1) is 12.7 Å². The molecule has 0 unspecified atom stereocenters. The van der Waals surface area contributed by atoms with Crippen molar-refractivity contribution in [3.8, 4) is 5.75 Å². The largest absolute Gasteiger partial charge is 0.497 e. The van der Waals surface area contributed by atoms with Gasteiger partial charge in [0.1, 0.15) is 23.7 Å². The lowest BCUT2D eigenvalue weighted by Gasteiger charge is -2.34. The summed E-state index contributed by atoms with van der Waals surface area (Å²) < 4.78 is 57.5. The van der Waals surface area contributed by atoms with Crippen molar-refractivity contribution in [1.29, 1.82) is 0 Å². The standard InChI is InChI=1S/C23H21F4N3O4/c1-34-15-5-2-12(3-6-15)8-18-22(33)30-11-14(10-19(30)21(32)29-18)28-20(31)13-4-7-17(24)16(9-13)23(25,26)27/h2-7,9,14,18-19H,8,10-11H2,1H3,(H,28,31)(H,29,32)/t14-,18-,19-/m0/s1. The van der Waals surface area contributed by atoms with Gasteiger partial charge in [-0.15, -0.1) is 0 Å². The minimum atomic E-state index is -4.95. The molecule has 0 bridgehead atoms.